The highest BCUT2D eigenvalue weighted by atomic mass is 16.6. The molecule has 4 heteroatoms. The van der Waals surface area contributed by atoms with Crippen LogP contribution in [0.15, 0.2) is 11.6 Å². The van der Waals surface area contributed by atoms with Crippen molar-refractivity contribution in [1.29, 1.82) is 0 Å². The Hall–Kier alpha value is -0.870. The lowest BCUT2D eigenvalue weighted by molar-refractivity contribution is -0.146. The van der Waals surface area contributed by atoms with Gasteiger partial charge in [0.2, 0.25) is 0 Å². The fourth-order valence-electron chi connectivity index (χ4n) is 3.77. The third-order valence-electron chi connectivity index (χ3n) is 5.24. The second-order valence-electron chi connectivity index (χ2n) is 6.81. The Morgan fingerprint density at radius 2 is 2.29 bits per heavy atom. The Bertz CT molecular complexity index is 444. The van der Waals surface area contributed by atoms with Gasteiger partial charge in [0.25, 0.3) is 0 Å². The van der Waals surface area contributed by atoms with Gasteiger partial charge >= 0.3 is 5.97 Å². The molecule has 2 fully saturated rings. The molecule has 3 rings (SSSR count). The molecular weight excluding hydrogens is 268 g/mol. The summed E-state index contributed by atoms with van der Waals surface area (Å²) < 4.78 is 17.1. The van der Waals surface area contributed by atoms with Gasteiger partial charge in [-0.05, 0) is 46.5 Å². The van der Waals surface area contributed by atoms with E-state index < -0.39 is 0 Å². The molecule has 0 aromatic carbocycles. The summed E-state index contributed by atoms with van der Waals surface area (Å²) in [7, 11) is 0. The molecule has 0 radical (unpaired) electrons. The van der Waals surface area contributed by atoms with Crippen molar-refractivity contribution >= 4 is 5.97 Å². The van der Waals surface area contributed by atoms with Crippen LogP contribution in [0.25, 0.3) is 0 Å². The second kappa shape index (κ2) is 5.73. The Morgan fingerprint density at radius 3 is 3.05 bits per heavy atom. The molecule has 0 amide bonds. The Morgan fingerprint density at radius 1 is 1.48 bits per heavy atom. The summed E-state index contributed by atoms with van der Waals surface area (Å²) >= 11 is 0. The Balaban J connectivity index is 1.80. The van der Waals surface area contributed by atoms with E-state index in [0.717, 1.165) is 25.7 Å². The van der Waals surface area contributed by atoms with E-state index in [9.17, 15) is 4.79 Å². The zero-order valence-corrected chi connectivity index (χ0v) is 13.3. The molecular formula is C17H26O4. The molecule has 0 aromatic rings. The minimum atomic E-state index is -0.129. The summed E-state index contributed by atoms with van der Waals surface area (Å²) in [6.45, 7) is 7.39. The molecule has 2 aliphatic heterocycles. The molecule has 0 spiro atoms. The number of allylic oxidation sites excluding steroid dienone is 2. The van der Waals surface area contributed by atoms with Gasteiger partial charge in [-0.25, -0.2) is 0 Å². The average molecular weight is 294 g/mol. The fraction of sp³-hybridized carbons (Fsp3) is 0.824. The van der Waals surface area contributed by atoms with Crippen molar-refractivity contribution in [2.75, 3.05) is 13.2 Å². The molecule has 1 aliphatic carbocycles. The number of ether oxygens (including phenoxy) is 3. The van der Waals surface area contributed by atoms with E-state index >= 15 is 0 Å². The van der Waals surface area contributed by atoms with E-state index in [-0.39, 0.29) is 35.6 Å². The monoisotopic (exact) mass is 294 g/mol. The smallest absolute Gasteiger partial charge is 0.312 e. The standard InChI is InChI=1S/C17H26O4/c1-4-19-10-13-12-8-7-11(2)6-5-9-17(3)15(21-17)14(12)20-16(13)18/h6,12-15H,4-5,7-10H2,1-3H3/b11-6+/t12-,13-,14+,15-,17+/m0/s1. The predicted octanol–water partition coefficient (Wildman–Crippen LogP) is 2.86. The highest BCUT2D eigenvalue weighted by molar-refractivity contribution is 5.75. The van der Waals surface area contributed by atoms with Gasteiger partial charge in [-0.15, -0.1) is 0 Å². The van der Waals surface area contributed by atoms with Crippen molar-refractivity contribution in [3.05, 3.63) is 11.6 Å². The van der Waals surface area contributed by atoms with Gasteiger partial charge in [-0.1, -0.05) is 11.6 Å². The number of epoxide rings is 1. The number of hydrogen-bond acceptors (Lipinski definition) is 4. The molecule has 3 aliphatic rings. The number of hydrogen-bond donors (Lipinski definition) is 0. The lowest BCUT2D eigenvalue weighted by atomic mass is 9.81. The molecule has 21 heavy (non-hydrogen) atoms. The lowest BCUT2D eigenvalue weighted by Gasteiger charge is -2.22. The van der Waals surface area contributed by atoms with Crippen LogP contribution in [0.1, 0.15) is 46.5 Å². The van der Waals surface area contributed by atoms with Crippen LogP contribution >= 0.6 is 0 Å². The third kappa shape index (κ3) is 2.88. The van der Waals surface area contributed by atoms with Crippen LogP contribution < -0.4 is 0 Å². The first-order valence-electron chi connectivity index (χ1n) is 8.17. The van der Waals surface area contributed by atoms with Crippen molar-refractivity contribution in [1.82, 2.24) is 0 Å². The molecule has 0 saturated carbocycles. The van der Waals surface area contributed by atoms with Crippen molar-refractivity contribution < 1.29 is 19.0 Å². The minimum Gasteiger partial charge on any atom is -0.459 e. The fourth-order valence-corrected chi connectivity index (χ4v) is 3.77. The quantitative estimate of drug-likeness (QED) is 0.456. The molecule has 2 saturated heterocycles. The predicted molar refractivity (Wildman–Crippen MR) is 78.9 cm³/mol. The molecule has 2 heterocycles. The van der Waals surface area contributed by atoms with Crippen LogP contribution in [0.5, 0.6) is 0 Å². The first-order chi connectivity index (χ1) is 10.0. The Labute approximate surface area is 126 Å². The highest BCUT2D eigenvalue weighted by Gasteiger charge is 2.62. The summed E-state index contributed by atoms with van der Waals surface area (Å²) in [5, 5.41) is 0. The van der Waals surface area contributed by atoms with E-state index in [1.54, 1.807) is 0 Å². The minimum absolute atomic E-state index is 0.0740. The van der Waals surface area contributed by atoms with Gasteiger partial charge in [0.05, 0.1) is 18.1 Å². The van der Waals surface area contributed by atoms with Crippen LogP contribution in [0.3, 0.4) is 0 Å². The summed E-state index contributed by atoms with van der Waals surface area (Å²) in [5.74, 6) is -0.00914. The van der Waals surface area contributed by atoms with Gasteiger partial charge in [-0.2, -0.15) is 0 Å². The van der Waals surface area contributed by atoms with Crippen molar-refractivity contribution in [3.63, 3.8) is 0 Å². The molecule has 4 nitrogen and oxygen atoms in total. The number of esters is 1. The first-order valence-corrected chi connectivity index (χ1v) is 8.17. The van der Waals surface area contributed by atoms with E-state index in [1.165, 1.54) is 5.57 Å². The largest absolute Gasteiger partial charge is 0.459 e. The SMILES string of the molecule is CCOC[C@@H]1C(=O)O[C@@H]2[C@H]1CC/C(C)=C/CC[C@@]1(C)O[C@@H]21. The molecule has 5 atom stereocenters. The van der Waals surface area contributed by atoms with Crippen LogP contribution in [0.2, 0.25) is 0 Å². The van der Waals surface area contributed by atoms with Crippen LogP contribution in [-0.2, 0) is 19.0 Å². The summed E-state index contributed by atoms with van der Waals surface area (Å²) in [6.07, 6.45) is 6.37. The maximum absolute atomic E-state index is 12.2. The Kier molecular flexibility index (Phi) is 4.10. The van der Waals surface area contributed by atoms with E-state index in [0.29, 0.717) is 13.2 Å². The summed E-state index contributed by atoms with van der Waals surface area (Å²) in [4.78, 5) is 12.2. The summed E-state index contributed by atoms with van der Waals surface area (Å²) in [6, 6.07) is 0. The normalized spacial score (nSPS) is 45.1. The van der Waals surface area contributed by atoms with E-state index in [2.05, 4.69) is 19.9 Å². The number of fused-ring (bicyclic) bond motifs is 3. The van der Waals surface area contributed by atoms with Crippen molar-refractivity contribution in [2.24, 2.45) is 11.8 Å². The van der Waals surface area contributed by atoms with Gasteiger partial charge in [-0.3, -0.25) is 4.79 Å². The molecule has 0 unspecified atom stereocenters. The van der Waals surface area contributed by atoms with Gasteiger partial charge < -0.3 is 14.2 Å². The topological polar surface area (TPSA) is 48.1 Å². The highest BCUT2D eigenvalue weighted by Crippen LogP contribution is 2.50. The van der Waals surface area contributed by atoms with Gasteiger partial charge in [0.15, 0.2) is 0 Å². The van der Waals surface area contributed by atoms with Crippen molar-refractivity contribution in [3.8, 4) is 0 Å². The second-order valence-corrected chi connectivity index (χ2v) is 6.81. The van der Waals surface area contributed by atoms with Crippen molar-refractivity contribution in [2.45, 2.75) is 64.3 Å². The average Bonchev–Trinajstić information content (AvgIpc) is 3.00. The number of carbonyl (C=O) groups is 1. The van der Waals surface area contributed by atoms with E-state index in [1.807, 2.05) is 6.92 Å². The lowest BCUT2D eigenvalue weighted by Crippen LogP contribution is -2.31. The molecule has 118 valence electrons. The zero-order valence-electron chi connectivity index (χ0n) is 13.3. The summed E-state index contributed by atoms with van der Waals surface area (Å²) in [5.41, 5.74) is 1.30. The maximum Gasteiger partial charge on any atom is 0.312 e. The number of carbonyl (C=O) groups excluding carboxylic acids is 1. The van der Waals surface area contributed by atoms with Gasteiger partial charge in [0, 0.05) is 12.5 Å². The first kappa shape index (κ1) is 15.0. The van der Waals surface area contributed by atoms with Crippen LogP contribution in [0, 0.1) is 11.8 Å². The molecule has 0 aromatic heterocycles. The molecule has 0 bridgehead atoms. The number of rotatable bonds is 3. The van der Waals surface area contributed by atoms with Crippen LogP contribution in [0.4, 0.5) is 0 Å². The zero-order chi connectivity index (χ0) is 15.0. The molecule has 0 N–H and O–H groups in total. The van der Waals surface area contributed by atoms with E-state index in [4.69, 9.17) is 14.2 Å². The third-order valence-corrected chi connectivity index (χ3v) is 5.24. The maximum atomic E-state index is 12.2. The van der Waals surface area contributed by atoms with Crippen LogP contribution in [-0.4, -0.2) is 37.0 Å². The van der Waals surface area contributed by atoms with Gasteiger partial charge in [0.1, 0.15) is 12.2 Å².